The highest BCUT2D eigenvalue weighted by atomic mass is 16.5. The van der Waals surface area contributed by atoms with E-state index in [9.17, 15) is 4.79 Å². The topological polar surface area (TPSA) is 62.6 Å². The first-order valence-corrected chi connectivity index (χ1v) is 11.6. The number of fused-ring (bicyclic) bond motifs is 4. The first kappa shape index (κ1) is 19.5. The first-order valence-electron chi connectivity index (χ1n) is 11.6. The summed E-state index contributed by atoms with van der Waals surface area (Å²) in [6, 6.07) is 2.44. The van der Waals surface area contributed by atoms with E-state index in [1.807, 2.05) is 0 Å². The SMILES string of the molecule is O=C(C1CCCCC1)N1C[C@H]2COC[C@@H]1CN(Cc1cc3n(n1)CCCNC3)C2. The van der Waals surface area contributed by atoms with Gasteiger partial charge in [0.05, 0.1) is 30.6 Å². The number of aryl methyl sites for hydroxylation is 1. The van der Waals surface area contributed by atoms with E-state index in [1.165, 1.54) is 25.0 Å². The smallest absolute Gasteiger partial charge is 0.226 e. The van der Waals surface area contributed by atoms with Gasteiger partial charge in [0.15, 0.2) is 0 Å². The van der Waals surface area contributed by atoms with Crippen LogP contribution in [0.1, 0.15) is 49.9 Å². The van der Waals surface area contributed by atoms with Crippen LogP contribution in [0.2, 0.25) is 0 Å². The molecular weight excluding hydrogens is 366 g/mol. The van der Waals surface area contributed by atoms with Crippen LogP contribution < -0.4 is 5.32 Å². The van der Waals surface area contributed by atoms with Crippen molar-refractivity contribution < 1.29 is 9.53 Å². The lowest BCUT2D eigenvalue weighted by Gasteiger charge is -2.34. The largest absolute Gasteiger partial charge is 0.379 e. The Morgan fingerprint density at radius 3 is 2.93 bits per heavy atom. The predicted molar refractivity (Wildman–Crippen MR) is 110 cm³/mol. The number of nitrogens with zero attached hydrogens (tertiary/aromatic N) is 4. The van der Waals surface area contributed by atoms with Crippen LogP contribution >= 0.6 is 0 Å². The van der Waals surface area contributed by atoms with Gasteiger partial charge < -0.3 is 15.0 Å². The quantitative estimate of drug-likeness (QED) is 0.834. The second kappa shape index (κ2) is 8.74. The van der Waals surface area contributed by atoms with Crippen molar-refractivity contribution in [2.75, 3.05) is 39.4 Å². The van der Waals surface area contributed by atoms with Gasteiger partial charge in [0.1, 0.15) is 0 Å². The fraction of sp³-hybridized carbons (Fsp3) is 0.818. The lowest BCUT2D eigenvalue weighted by molar-refractivity contribution is -0.139. The zero-order valence-electron chi connectivity index (χ0n) is 17.5. The molecule has 2 saturated heterocycles. The Morgan fingerprint density at radius 2 is 2.03 bits per heavy atom. The summed E-state index contributed by atoms with van der Waals surface area (Å²) < 4.78 is 8.14. The molecule has 0 unspecified atom stereocenters. The van der Waals surface area contributed by atoms with Crippen LogP contribution in [0.4, 0.5) is 0 Å². The Kier molecular flexibility index (Phi) is 5.88. The molecule has 1 aromatic rings. The molecule has 0 aromatic carbocycles. The molecule has 7 nitrogen and oxygen atoms in total. The molecule has 0 spiro atoms. The van der Waals surface area contributed by atoms with Gasteiger partial charge in [-0.15, -0.1) is 0 Å². The summed E-state index contributed by atoms with van der Waals surface area (Å²) in [6.45, 7) is 8.05. The van der Waals surface area contributed by atoms with Gasteiger partial charge in [0, 0.05) is 51.1 Å². The molecule has 1 aliphatic carbocycles. The molecule has 4 aliphatic rings. The van der Waals surface area contributed by atoms with Gasteiger partial charge in [-0.2, -0.15) is 5.10 Å². The maximum atomic E-state index is 13.3. The van der Waals surface area contributed by atoms with E-state index >= 15 is 0 Å². The van der Waals surface area contributed by atoms with E-state index in [2.05, 4.69) is 25.9 Å². The maximum Gasteiger partial charge on any atom is 0.226 e. The summed E-state index contributed by atoms with van der Waals surface area (Å²) in [4.78, 5) is 18.0. The van der Waals surface area contributed by atoms with E-state index in [-0.39, 0.29) is 12.0 Å². The van der Waals surface area contributed by atoms with Gasteiger partial charge in [-0.25, -0.2) is 0 Å². The Balaban J connectivity index is 1.28. The zero-order valence-corrected chi connectivity index (χ0v) is 17.5. The molecule has 1 aromatic heterocycles. The maximum absolute atomic E-state index is 13.3. The lowest BCUT2D eigenvalue weighted by Crippen LogP contribution is -2.48. The van der Waals surface area contributed by atoms with Crippen LogP contribution in [-0.2, 0) is 29.2 Å². The molecule has 4 heterocycles. The van der Waals surface area contributed by atoms with Gasteiger partial charge >= 0.3 is 0 Å². The van der Waals surface area contributed by atoms with Crippen molar-refractivity contribution in [1.82, 2.24) is 24.9 Å². The predicted octanol–water partition coefficient (Wildman–Crippen LogP) is 1.62. The first-order chi connectivity index (χ1) is 14.3. The average molecular weight is 402 g/mol. The third-order valence-corrected chi connectivity index (χ3v) is 7.11. The Labute approximate surface area is 173 Å². The number of ether oxygens (including phenoxy) is 1. The van der Waals surface area contributed by atoms with E-state index in [0.29, 0.717) is 18.4 Å². The lowest BCUT2D eigenvalue weighted by atomic mass is 9.88. The molecule has 5 rings (SSSR count). The second-order valence-electron chi connectivity index (χ2n) is 9.46. The molecule has 0 radical (unpaired) electrons. The number of carbonyl (C=O) groups is 1. The molecule has 1 saturated carbocycles. The number of hydrogen-bond donors (Lipinski definition) is 1. The minimum Gasteiger partial charge on any atom is -0.379 e. The Bertz CT molecular complexity index is 691. The van der Waals surface area contributed by atoms with Crippen LogP contribution in [0, 0.1) is 11.8 Å². The number of amides is 1. The van der Waals surface area contributed by atoms with Gasteiger partial charge in [-0.3, -0.25) is 14.4 Å². The van der Waals surface area contributed by atoms with Crippen LogP contribution in [-0.4, -0.2) is 70.9 Å². The number of nitrogens with one attached hydrogen (secondary N) is 1. The van der Waals surface area contributed by atoms with Crippen molar-refractivity contribution in [3.05, 3.63) is 17.5 Å². The average Bonchev–Trinajstić information content (AvgIpc) is 2.89. The summed E-state index contributed by atoms with van der Waals surface area (Å²) in [5.74, 6) is 1.04. The van der Waals surface area contributed by atoms with E-state index < -0.39 is 0 Å². The van der Waals surface area contributed by atoms with E-state index in [1.54, 1.807) is 0 Å². The van der Waals surface area contributed by atoms with Gasteiger partial charge in [0.25, 0.3) is 0 Å². The van der Waals surface area contributed by atoms with Crippen molar-refractivity contribution in [3.63, 3.8) is 0 Å². The summed E-state index contributed by atoms with van der Waals surface area (Å²) in [5, 5.41) is 8.36. The van der Waals surface area contributed by atoms with Gasteiger partial charge in [0.2, 0.25) is 5.91 Å². The monoisotopic (exact) mass is 401 g/mol. The van der Waals surface area contributed by atoms with Crippen LogP contribution in [0.25, 0.3) is 0 Å². The van der Waals surface area contributed by atoms with Crippen LogP contribution in [0.5, 0.6) is 0 Å². The molecule has 1 N–H and O–H groups in total. The second-order valence-corrected chi connectivity index (χ2v) is 9.46. The molecule has 7 heteroatoms. The highest BCUT2D eigenvalue weighted by Crippen LogP contribution is 2.29. The fourth-order valence-corrected chi connectivity index (χ4v) is 5.65. The minimum atomic E-state index is 0.180. The number of aromatic nitrogens is 2. The number of rotatable bonds is 3. The third kappa shape index (κ3) is 4.37. The van der Waals surface area contributed by atoms with Gasteiger partial charge in [-0.05, 0) is 31.9 Å². The van der Waals surface area contributed by atoms with E-state index in [0.717, 1.165) is 77.4 Å². The third-order valence-electron chi connectivity index (χ3n) is 7.11. The molecular formula is C22H35N5O2. The van der Waals surface area contributed by atoms with Crippen molar-refractivity contribution in [1.29, 1.82) is 0 Å². The van der Waals surface area contributed by atoms with Crippen LogP contribution in [0.3, 0.4) is 0 Å². The van der Waals surface area contributed by atoms with Crippen molar-refractivity contribution in [2.24, 2.45) is 11.8 Å². The number of hydrogen-bond acceptors (Lipinski definition) is 5. The Hall–Kier alpha value is -1.44. The highest BCUT2D eigenvalue weighted by Gasteiger charge is 2.38. The summed E-state index contributed by atoms with van der Waals surface area (Å²) in [7, 11) is 0. The summed E-state index contributed by atoms with van der Waals surface area (Å²) in [6.07, 6.45) is 6.99. The molecule has 160 valence electrons. The Morgan fingerprint density at radius 1 is 1.14 bits per heavy atom. The molecule has 2 bridgehead atoms. The molecule has 3 aliphatic heterocycles. The summed E-state index contributed by atoms with van der Waals surface area (Å²) >= 11 is 0. The van der Waals surface area contributed by atoms with Gasteiger partial charge in [-0.1, -0.05) is 19.3 Å². The van der Waals surface area contributed by atoms with Crippen LogP contribution in [0.15, 0.2) is 6.07 Å². The van der Waals surface area contributed by atoms with Crippen molar-refractivity contribution >= 4 is 5.91 Å². The van der Waals surface area contributed by atoms with Crippen molar-refractivity contribution in [3.8, 4) is 0 Å². The van der Waals surface area contributed by atoms with E-state index in [4.69, 9.17) is 9.84 Å². The molecule has 3 fully saturated rings. The zero-order chi connectivity index (χ0) is 19.6. The fourth-order valence-electron chi connectivity index (χ4n) is 5.65. The molecule has 29 heavy (non-hydrogen) atoms. The minimum absolute atomic E-state index is 0.180. The highest BCUT2D eigenvalue weighted by molar-refractivity contribution is 5.79. The molecule has 2 atom stereocenters. The summed E-state index contributed by atoms with van der Waals surface area (Å²) in [5.41, 5.74) is 2.46. The molecule has 1 amide bonds. The normalized spacial score (nSPS) is 29.2. The number of carbonyl (C=O) groups excluding carboxylic acids is 1. The standard InChI is InChI=1S/C22H35N5O2/c28-22(18-5-2-1-3-6-18)26-12-17-11-25(14-21(26)16-29-15-17)13-19-9-20-10-23-7-4-8-27(20)24-19/h9,17-18,21,23H,1-8,10-16H2/t17-,21-/m0/s1. The van der Waals surface area contributed by atoms with Crippen molar-refractivity contribution in [2.45, 2.75) is 64.2 Å².